The molecule has 1 atom stereocenters. The third-order valence-corrected chi connectivity index (χ3v) is 6.63. The van der Waals surface area contributed by atoms with Crippen molar-refractivity contribution in [3.8, 4) is 0 Å². The standard InChI is InChI=1S/C24H38N4O/c1-20(2)10-13-27-14-16-28(17-15-27)24(12-18-29-23(3,4)19-24)11-9-21-7-6-8-22(25-5)26-21/h6-8,20H,9-19H2,1-4H3. The van der Waals surface area contributed by atoms with E-state index in [0.717, 1.165) is 57.0 Å². The van der Waals surface area contributed by atoms with Crippen LogP contribution in [0.4, 0.5) is 5.82 Å². The van der Waals surface area contributed by atoms with Crippen LogP contribution in [0.2, 0.25) is 0 Å². The summed E-state index contributed by atoms with van der Waals surface area (Å²) in [6.45, 7) is 23.0. The minimum atomic E-state index is -0.0845. The van der Waals surface area contributed by atoms with Crippen molar-refractivity contribution in [2.24, 2.45) is 5.92 Å². The molecule has 2 fully saturated rings. The summed E-state index contributed by atoms with van der Waals surface area (Å²) in [5.74, 6) is 1.28. The molecule has 160 valence electrons. The Bertz CT molecular complexity index is 703. The van der Waals surface area contributed by atoms with E-state index < -0.39 is 0 Å². The van der Waals surface area contributed by atoms with Gasteiger partial charge in [-0.25, -0.2) is 0 Å². The van der Waals surface area contributed by atoms with Crippen LogP contribution in [-0.4, -0.2) is 65.3 Å². The van der Waals surface area contributed by atoms with Gasteiger partial charge in [0.1, 0.15) is 5.69 Å². The topological polar surface area (TPSA) is 33.0 Å². The highest BCUT2D eigenvalue weighted by molar-refractivity contribution is 5.36. The fourth-order valence-corrected chi connectivity index (χ4v) is 5.01. The Labute approximate surface area is 177 Å². The Morgan fingerprint density at radius 2 is 1.97 bits per heavy atom. The predicted molar refractivity (Wildman–Crippen MR) is 118 cm³/mol. The number of ether oxygens (including phenoxy) is 1. The van der Waals surface area contributed by atoms with E-state index in [1.165, 1.54) is 26.1 Å². The van der Waals surface area contributed by atoms with E-state index in [9.17, 15) is 0 Å². The van der Waals surface area contributed by atoms with Gasteiger partial charge in [-0.15, -0.1) is 4.98 Å². The van der Waals surface area contributed by atoms with Crippen molar-refractivity contribution in [3.63, 3.8) is 0 Å². The largest absolute Gasteiger partial charge is 0.375 e. The van der Waals surface area contributed by atoms with Crippen LogP contribution in [0.15, 0.2) is 18.2 Å². The van der Waals surface area contributed by atoms with Crippen LogP contribution in [-0.2, 0) is 11.2 Å². The van der Waals surface area contributed by atoms with E-state index in [0.29, 0.717) is 5.82 Å². The molecule has 0 saturated carbocycles. The van der Waals surface area contributed by atoms with Crippen LogP contribution in [0.25, 0.3) is 4.85 Å². The Morgan fingerprint density at radius 1 is 1.21 bits per heavy atom. The number of hydrogen-bond acceptors (Lipinski definition) is 4. The lowest BCUT2D eigenvalue weighted by Crippen LogP contribution is -2.61. The van der Waals surface area contributed by atoms with Gasteiger partial charge in [-0.05, 0) is 64.1 Å². The molecule has 0 aliphatic carbocycles. The molecule has 0 spiro atoms. The molecule has 0 bridgehead atoms. The molecule has 2 aliphatic rings. The molecular formula is C24H38N4O. The summed E-state index contributed by atoms with van der Waals surface area (Å²) in [4.78, 5) is 13.4. The number of aromatic nitrogens is 1. The summed E-state index contributed by atoms with van der Waals surface area (Å²) in [5.41, 5.74) is 1.12. The zero-order valence-corrected chi connectivity index (χ0v) is 18.8. The van der Waals surface area contributed by atoms with Crippen molar-refractivity contribution in [2.45, 2.75) is 70.9 Å². The first kappa shape index (κ1) is 22.2. The number of rotatable bonds is 7. The molecule has 1 aromatic heterocycles. The highest BCUT2D eigenvalue weighted by Crippen LogP contribution is 2.40. The summed E-state index contributed by atoms with van der Waals surface area (Å²) in [5, 5.41) is 0. The first-order chi connectivity index (χ1) is 13.8. The molecule has 2 saturated heterocycles. The second-order valence-electron chi connectivity index (χ2n) is 9.87. The van der Waals surface area contributed by atoms with Crippen LogP contribution in [0.5, 0.6) is 0 Å². The van der Waals surface area contributed by atoms with Crippen LogP contribution in [0.1, 0.15) is 59.1 Å². The van der Waals surface area contributed by atoms with Gasteiger partial charge in [-0.2, -0.15) is 0 Å². The summed E-state index contributed by atoms with van der Waals surface area (Å²) in [6, 6.07) is 5.82. The highest BCUT2D eigenvalue weighted by atomic mass is 16.5. The average Bonchev–Trinajstić information content (AvgIpc) is 2.70. The third-order valence-electron chi connectivity index (χ3n) is 6.63. The SMILES string of the molecule is [C-]#[N+]c1cccc(CCC2(N3CCN(CCC(C)C)CC3)CCOC(C)(C)C2)n1. The van der Waals surface area contributed by atoms with Crippen LogP contribution >= 0.6 is 0 Å². The maximum atomic E-state index is 7.23. The van der Waals surface area contributed by atoms with Crippen molar-refractivity contribution < 1.29 is 4.74 Å². The molecule has 29 heavy (non-hydrogen) atoms. The van der Waals surface area contributed by atoms with Crippen LogP contribution in [0.3, 0.4) is 0 Å². The molecule has 3 heterocycles. The van der Waals surface area contributed by atoms with Gasteiger partial charge in [0, 0.05) is 44.7 Å². The lowest BCUT2D eigenvalue weighted by atomic mass is 9.76. The average molecular weight is 399 g/mol. The fourth-order valence-electron chi connectivity index (χ4n) is 5.01. The Kier molecular flexibility index (Phi) is 7.32. The first-order valence-corrected chi connectivity index (χ1v) is 11.3. The van der Waals surface area contributed by atoms with E-state index in [4.69, 9.17) is 11.3 Å². The third kappa shape index (κ3) is 6.01. The zero-order chi connectivity index (χ0) is 20.9. The van der Waals surface area contributed by atoms with E-state index in [-0.39, 0.29) is 11.1 Å². The second kappa shape index (κ2) is 9.55. The van der Waals surface area contributed by atoms with Crippen molar-refractivity contribution in [2.75, 3.05) is 39.3 Å². The minimum absolute atomic E-state index is 0.0845. The van der Waals surface area contributed by atoms with E-state index in [2.05, 4.69) is 53.4 Å². The molecule has 0 amide bonds. The van der Waals surface area contributed by atoms with Crippen LogP contribution in [0, 0.1) is 12.5 Å². The molecular weight excluding hydrogens is 360 g/mol. The van der Waals surface area contributed by atoms with Gasteiger partial charge in [0.25, 0.3) is 5.82 Å². The first-order valence-electron chi connectivity index (χ1n) is 11.3. The Morgan fingerprint density at radius 3 is 2.62 bits per heavy atom. The van der Waals surface area contributed by atoms with Gasteiger partial charge in [0.05, 0.1) is 5.60 Å². The monoisotopic (exact) mass is 398 g/mol. The van der Waals surface area contributed by atoms with Gasteiger partial charge in [-0.1, -0.05) is 26.5 Å². The van der Waals surface area contributed by atoms with Crippen molar-refractivity contribution in [3.05, 3.63) is 35.3 Å². The molecule has 1 unspecified atom stereocenters. The molecule has 5 heteroatoms. The zero-order valence-electron chi connectivity index (χ0n) is 18.8. The molecule has 5 nitrogen and oxygen atoms in total. The number of hydrogen-bond donors (Lipinski definition) is 0. The highest BCUT2D eigenvalue weighted by Gasteiger charge is 2.45. The van der Waals surface area contributed by atoms with Gasteiger partial charge < -0.3 is 14.5 Å². The second-order valence-corrected chi connectivity index (χ2v) is 9.87. The predicted octanol–water partition coefficient (Wildman–Crippen LogP) is 4.56. The van der Waals surface area contributed by atoms with Crippen LogP contribution < -0.4 is 0 Å². The molecule has 2 aliphatic heterocycles. The van der Waals surface area contributed by atoms with E-state index >= 15 is 0 Å². The summed E-state index contributed by atoms with van der Waals surface area (Å²) in [7, 11) is 0. The lowest BCUT2D eigenvalue weighted by molar-refractivity contribution is -0.130. The summed E-state index contributed by atoms with van der Waals surface area (Å²) in [6.07, 6.45) is 5.45. The molecule has 0 N–H and O–H groups in total. The number of piperazine rings is 1. The maximum absolute atomic E-state index is 7.23. The smallest absolute Gasteiger partial charge is 0.269 e. The van der Waals surface area contributed by atoms with E-state index in [1.807, 2.05) is 6.07 Å². The molecule has 0 aromatic carbocycles. The van der Waals surface area contributed by atoms with Gasteiger partial charge in [-0.3, -0.25) is 4.90 Å². The molecule has 3 rings (SSSR count). The van der Waals surface area contributed by atoms with Gasteiger partial charge >= 0.3 is 0 Å². The molecule has 1 aromatic rings. The van der Waals surface area contributed by atoms with Crippen molar-refractivity contribution in [1.29, 1.82) is 0 Å². The number of aryl methyl sites for hydroxylation is 1. The molecule has 0 radical (unpaired) electrons. The van der Waals surface area contributed by atoms with E-state index in [1.54, 1.807) is 6.07 Å². The maximum Gasteiger partial charge on any atom is 0.269 e. The quantitative estimate of drug-likeness (QED) is 0.631. The minimum Gasteiger partial charge on any atom is -0.375 e. The number of pyridine rings is 1. The summed E-state index contributed by atoms with van der Waals surface area (Å²) >= 11 is 0. The normalized spacial score (nSPS) is 25.8. The van der Waals surface area contributed by atoms with Crippen molar-refractivity contribution in [1.82, 2.24) is 14.8 Å². The summed E-state index contributed by atoms with van der Waals surface area (Å²) < 4.78 is 6.09. The Hall–Kier alpha value is -1.48. The number of nitrogens with zero attached hydrogens (tertiary/aromatic N) is 4. The van der Waals surface area contributed by atoms with Gasteiger partial charge in [0.2, 0.25) is 0 Å². The fraction of sp³-hybridized carbons (Fsp3) is 0.750. The Balaban J connectivity index is 1.69. The van der Waals surface area contributed by atoms with Crippen molar-refractivity contribution >= 4 is 5.82 Å². The van der Waals surface area contributed by atoms with Gasteiger partial charge in [0.15, 0.2) is 0 Å². The lowest BCUT2D eigenvalue weighted by Gasteiger charge is -2.53.